The van der Waals surface area contributed by atoms with E-state index in [1.807, 2.05) is 11.8 Å². The Balaban J connectivity index is 1.60. The topological polar surface area (TPSA) is 82.6 Å². The van der Waals surface area contributed by atoms with Crippen molar-refractivity contribution in [1.29, 1.82) is 0 Å². The highest BCUT2D eigenvalue weighted by Crippen LogP contribution is 2.24. The number of amides is 1. The summed E-state index contributed by atoms with van der Waals surface area (Å²) in [6, 6.07) is 3.40. The zero-order valence-electron chi connectivity index (χ0n) is 15.5. The summed E-state index contributed by atoms with van der Waals surface area (Å²) in [5.74, 6) is 0.609. The number of pyridine rings is 1. The standard InChI is InChI=1S/C18H28N4O3S/c1-14(18(23)20-15-6-3-4-7-15)21-10-12-22(13-11-21)17-16(26(2,24)25)8-5-9-19-17/h5,8-9,14-15H,3-4,6-7,10-13H2,1-2H3,(H,20,23). The van der Waals surface area contributed by atoms with Gasteiger partial charge in [-0.1, -0.05) is 12.8 Å². The van der Waals surface area contributed by atoms with Gasteiger partial charge >= 0.3 is 0 Å². The molecule has 1 aromatic rings. The molecule has 26 heavy (non-hydrogen) atoms. The monoisotopic (exact) mass is 380 g/mol. The van der Waals surface area contributed by atoms with Crippen molar-refractivity contribution < 1.29 is 13.2 Å². The van der Waals surface area contributed by atoms with Gasteiger partial charge in [-0.25, -0.2) is 13.4 Å². The molecule has 8 heteroatoms. The number of rotatable bonds is 5. The van der Waals surface area contributed by atoms with E-state index in [4.69, 9.17) is 0 Å². The predicted octanol–water partition coefficient (Wildman–Crippen LogP) is 1.05. The number of nitrogens with zero attached hydrogens (tertiary/aromatic N) is 3. The minimum absolute atomic E-state index is 0.0972. The van der Waals surface area contributed by atoms with Gasteiger partial charge in [-0.3, -0.25) is 9.69 Å². The van der Waals surface area contributed by atoms with E-state index >= 15 is 0 Å². The Morgan fingerprint density at radius 3 is 2.50 bits per heavy atom. The predicted molar refractivity (Wildman–Crippen MR) is 101 cm³/mol. The van der Waals surface area contributed by atoms with E-state index in [1.165, 1.54) is 19.1 Å². The third-order valence-corrected chi connectivity index (χ3v) is 6.51. The van der Waals surface area contributed by atoms with Gasteiger partial charge in [0.05, 0.1) is 6.04 Å². The Labute approximate surface area is 155 Å². The van der Waals surface area contributed by atoms with Gasteiger partial charge in [-0.2, -0.15) is 0 Å². The van der Waals surface area contributed by atoms with E-state index in [0.29, 0.717) is 38.0 Å². The molecular weight excluding hydrogens is 352 g/mol. The first kappa shape index (κ1) is 19.1. The molecule has 1 N–H and O–H groups in total. The van der Waals surface area contributed by atoms with Crippen LogP contribution in [0.2, 0.25) is 0 Å². The molecule has 2 aliphatic rings. The largest absolute Gasteiger partial charge is 0.353 e. The van der Waals surface area contributed by atoms with Crippen molar-refractivity contribution >= 4 is 21.6 Å². The zero-order valence-corrected chi connectivity index (χ0v) is 16.3. The van der Waals surface area contributed by atoms with Crippen LogP contribution in [-0.2, 0) is 14.6 Å². The van der Waals surface area contributed by atoms with Crippen LogP contribution in [0.1, 0.15) is 32.6 Å². The highest BCUT2D eigenvalue weighted by Gasteiger charge is 2.29. The number of carbonyl (C=O) groups is 1. The van der Waals surface area contributed by atoms with Crippen LogP contribution < -0.4 is 10.2 Å². The minimum atomic E-state index is -3.32. The van der Waals surface area contributed by atoms with Gasteiger partial charge in [0.1, 0.15) is 10.7 Å². The van der Waals surface area contributed by atoms with E-state index in [-0.39, 0.29) is 16.8 Å². The average molecular weight is 381 g/mol. The van der Waals surface area contributed by atoms with Gasteiger partial charge in [0.15, 0.2) is 9.84 Å². The van der Waals surface area contributed by atoms with Crippen molar-refractivity contribution in [1.82, 2.24) is 15.2 Å². The summed E-state index contributed by atoms with van der Waals surface area (Å²) in [7, 11) is -3.32. The number of hydrogen-bond donors (Lipinski definition) is 1. The van der Waals surface area contributed by atoms with Crippen LogP contribution >= 0.6 is 0 Å². The molecule has 0 spiro atoms. The number of carbonyl (C=O) groups excluding carboxylic acids is 1. The molecule has 0 radical (unpaired) electrons. The van der Waals surface area contributed by atoms with Gasteiger partial charge in [0.25, 0.3) is 0 Å². The Kier molecular flexibility index (Phi) is 5.82. The summed E-state index contributed by atoms with van der Waals surface area (Å²) in [4.78, 5) is 21.2. The maximum atomic E-state index is 12.5. The lowest BCUT2D eigenvalue weighted by atomic mass is 10.2. The number of nitrogens with one attached hydrogen (secondary N) is 1. The van der Waals surface area contributed by atoms with E-state index in [0.717, 1.165) is 12.8 Å². The SMILES string of the molecule is CC(C(=O)NC1CCCC1)N1CCN(c2ncccc2S(C)(=O)=O)CC1. The van der Waals surface area contributed by atoms with Gasteiger partial charge in [-0.05, 0) is 31.9 Å². The fourth-order valence-corrected chi connectivity index (χ4v) is 4.63. The number of piperazine rings is 1. The lowest BCUT2D eigenvalue weighted by Gasteiger charge is -2.38. The molecule has 1 saturated heterocycles. The fourth-order valence-electron chi connectivity index (χ4n) is 3.79. The Bertz CT molecular complexity index is 739. The molecule has 1 aromatic heterocycles. The normalized spacial score (nSPS) is 20.9. The first-order valence-electron chi connectivity index (χ1n) is 9.30. The quantitative estimate of drug-likeness (QED) is 0.822. The third-order valence-electron chi connectivity index (χ3n) is 5.39. The van der Waals surface area contributed by atoms with E-state index in [9.17, 15) is 13.2 Å². The van der Waals surface area contributed by atoms with Gasteiger partial charge < -0.3 is 10.2 Å². The highest BCUT2D eigenvalue weighted by atomic mass is 32.2. The lowest BCUT2D eigenvalue weighted by Crippen LogP contribution is -2.55. The van der Waals surface area contributed by atoms with Crippen LogP contribution in [0.25, 0.3) is 0 Å². The molecular formula is C18H28N4O3S. The number of hydrogen-bond acceptors (Lipinski definition) is 6. The Hall–Kier alpha value is -1.67. The summed E-state index contributed by atoms with van der Waals surface area (Å²) in [6.45, 7) is 4.67. The van der Waals surface area contributed by atoms with E-state index < -0.39 is 9.84 Å². The molecule has 1 amide bonds. The maximum absolute atomic E-state index is 12.5. The van der Waals surface area contributed by atoms with E-state index in [1.54, 1.807) is 18.3 Å². The first-order chi connectivity index (χ1) is 12.4. The molecule has 1 saturated carbocycles. The summed E-state index contributed by atoms with van der Waals surface area (Å²) >= 11 is 0. The zero-order chi connectivity index (χ0) is 18.7. The molecule has 1 aliphatic carbocycles. The van der Waals surface area contributed by atoms with Gasteiger partial charge in [-0.15, -0.1) is 0 Å². The van der Waals surface area contributed by atoms with Crippen LogP contribution in [0.4, 0.5) is 5.82 Å². The number of sulfone groups is 1. The molecule has 1 atom stereocenters. The van der Waals surface area contributed by atoms with E-state index in [2.05, 4.69) is 15.2 Å². The number of anilines is 1. The second-order valence-electron chi connectivity index (χ2n) is 7.29. The van der Waals surface area contributed by atoms with Crippen LogP contribution in [-0.4, -0.2) is 68.7 Å². The first-order valence-corrected chi connectivity index (χ1v) is 11.2. The average Bonchev–Trinajstić information content (AvgIpc) is 3.13. The summed E-state index contributed by atoms with van der Waals surface area (Å²) in [5.41, 5.74) is 0. The van der Waals surface area contributed by atoms with Gasteiger partial charge in [0, 0.05) is 44.7 Å². The second-order valence-corrected chi connectivity index (χ2v) is 9.27. The molecule has 1 aliphatic heterocycles. The molecule has 7 nitrogen and oxygen atoms in total. The van der Waals surface area contributed by atoms with Crippen molar-refractivity contribution in [3.05, 3.63) is 18.3 Å². The molecule has 2 fully saturated rings. The van der Waals surface area contributed by atoms with Crippen molar-refractivity contribution in [2.45, 2.75) is 49.6 Å². The molecule has 0 bridgehead atoms. The second kappa shape index (κ2) is 7.92. The molecule has 144 valence electrons. The smallest absolute Gasteiger partial charge is 0.237 e. The van der Waals surface area contributed by atoms with Crippen molar-refractivity contribution in [2.75, 3.05) is 37.3 Å². The molecule has 2 heterocycles. The number of aromatic nitrogens is 1. The summed E-state index contributed by atoms with van der Waals surface area (Å²) in [5, 5.41) is 3.16. The fraction of sp³-hybridized carbons (Fsp3) is 0.667. The van der Waals surface area contributed by atoms with Crippen LogP contribution in [0.3, 0.4) is 0 Å². The summed E-state index contributed by atoms with van der Waals surface area (Å²) in [6.07, 6.45) is 7.39. The van der Waals surface area contributed by atoms with Gasteiger partial charge in [0.2, 0.25) is 5.91 Å². The summed E-state index contributed by atoms with van der Waals surface area (Å²) < 4.78 is 24.0. The Morgan fingerprint density at radius 1 is 1.23 bits per heavy atom. The third kappa shape index (κ3) is 4.35. The van der Waals surface area contributed by atoms with Crippen molar-refractivity contribution in [2.24, 2.45) is 0 Å². The van der Waals surface area contributed by atoms with Crippen LogP contribution in [0.15, 0.2) is 23.2 Å². The highest BCUT2D eigenvalue weighted by molar-refractivity contribution is 7.90. The molecule has 3 rings (SSSR count). The maximum Gasteiger partial charge on any atom is 0.237 e. The Morgan fingerprint density at radius 2 is 1.88 bits per heavy atom. The molecule has 1 unspecified atom stereocenters. The lowest BCUT2D eigenvalue weighted by molar-refractivity contribution is -0.126. The van der Waals surface area contributed by atoms with Crippen LogP contribution in [0.5, 0.6) is 0 Å². The van der Waals surface area contributed by atoms with Crippen molar-refractivity contribution in [3.63, 3.8) is 0 Å². The minimum Gasteiger partial charge on any atom is -0.353 e. The molecule has 0 aromatic carbocycles. The van der Waals surface area contributed by atoms with Crippen molar-refractivity contribution in [3.8, 4) is 0 Å². The van der Waals surface area contributed by atoms with Crippen LogP contribution in [0, 0.1) is 0 Å².